The molecule has 1 saturated carbocycles. The summed E-state index contributed by atoms with van der Waals surface area (Å²) in [5.41, 5.74) is -0.521. The van der Waals surface area contributed by atoms with Crippen molar-refractivity contribution in [2.45, 2.75) is 38.5 Å². The fourth-order valence-corrected chi connectivity index (χ4v) is 2.87. The molecule has 1 aliphatic carbocycles. The van der Waals surface area contributed by atoms with Gasteiger partial charge >= 0.3 is 5.97 Å². The number of phenolic OH excluding ortho intramolecular Hbond substituents is 1. The van der Waals surface area contributed by atoms with E-state index in [9.17, 15) is 19.8 Å². The first kappa shape index (κ1) is 15.4. The van der Waals surface area contributed by atoms with Gasteiger partial charge in [0.15, 0.2) is 0 Å². The van der Waals surface area contributed by atoms with E-state index in [0.29, 0.717) is 18.4 Å². The van der Waals surface area contributed by atoms with Crippen molar-refractivity contribution in [2.24, 2.45) is 5.41 Å². The Balaban J connectivity index is 2.04. The van der Waals surface area contributed by atoms with Gasteiger partial charge in [-0.1, -0.05) is 31.7 Å². The molecular formula is C16H21NO4. The van der Waals surface area contributed by atoms with E-state index in [4.69, 9.17) is 0 Å². The zero-order chi connectivity index (χ0) is 15.3. The zero-order valence-corrected chi connectivity index (χ0v) is 12.0. The van der Waals surface area contributed by atoms with Crippen LogP contribution in [0.3, 0.4) is 0 Å². The monoisotopic (exact) mass is 291 g/mol. The molecule has 3 N–H and O–H groups in total. The predicted octanol–water partition coefficient (Wildman–Crippen LogP) is 2.55. The highest BCUT2D eigenvalue weighted by Crippen LogP contribution is 2.34. The molecule has 5 heteroatoms. The lowest BCUT2D eigenvalue weighted by Gasteiger charge is -2.28. The largest absolute Gasteiger partial charge is 0.508 e. The van der Waals surface area contributed by atoms with Crippen LogP contribution in [0.15, 0.2) is 24.3 Å². The number of hydrogen-bond acceptors (Lipinski definition) is 3. The van der Waals surface area contributed by atoms with Gasteiger partial charge in [0.05, 0.1) is 5.41 Å². The van der Waals surface area contributed by atoms with E-state index in [1.54, 1.807) is 12.1 Å². The number of amides is 1. The number of carboxylic acid groups (broad SMARTS) is 1. The smallest absolute Gasteiger partial charge is 0.311 e. The topological polar surface area (TPSA) is 86.6 Å². The number of hydrogen-bond donors (Lipinski definition) is 3. The highest BCUT2D eigenvalue weighted by atomic mass is 16.4. The van der Waals surface area contributed by atoms with Crippen molar-refractivity contribution in [1.29, 1.82) is 0 Å². The molecule has 2 rings (SSSR count). The van der Waals surface area contributed by atoms with Crippen molar-refractivity contribution in [2.75, 3.05) is 6.54 Å². The Morgan fingerprint density at radius 1 is 1.14 bits per heavy atom. The van der Waals surface area contributed by atoms with Crippen LogP contribution in [0.1, 0.15) is 48.9 Å². The van der Waals surface area contributed by atoms with Crippen LogP contribution in [0.5, 0.6) is 5.75 Å². The van der Waals surface area contributed by atoms with Gasteiger partial charge in [0, 0.05) is 12.1 Å². The predicted molar refractivity (Wildman–Crippen MR) is 78.2 cm³/mol. The molecule has 1 amide bonds. The number of benzene rings is 1. The number of carbonyl (C=O) groups excluding carboxylic acids is 1. The van der Waals surface area contributed by atoms with Crippen LogP contribution in [0.25, 0.3) is 0 Å². The highest BCUT2D eigenvalue weighted by Gasteiger charge is 2.38. The van der Waals surface area contributed by atoms with E-state index in [-0.39, 0.29) is 18.2 Å². The summed E-state index contributed by atoms with van der Waals surface area (Å²) in [5.74, 6) is -1.17. The van der Waals surface area contributed by atoms with Crippen LogP contribution in [0.4, 0.5) is 0 Å². The second-order valence-electron chi connectivity index (χ2n) is 5.73. The summed E-state index contributed by atoms with van der Waals surface area (Å²) in [6.45, 7) is 0.136. The molecule has 0 spiro atoms. The number of nitrogens with one attached hydrogen (secondary N) is 1. The van der Waals surface area contributed by atoms with Gasteiger partial charge in [0.1, 0.15) is 5.75 Å². The van der Waals surface area contributed by atoms with Crippen molar-refractivity contribution in [3.63, 3.8) is 0 Å². The molecule has 1 aliphatic rings. The van der Waals surface area contributed by atoms with Crippen molar-refractivity contribution >= 4 is 11.9 Å². The summed E-state index contributed by atoms with van der Waals surface area (Å²) < 4.78 is 0. The summed E-state index contributed by atoms with van der Waals surface area (Å²) in [7, 11) is 0. The third-order valence-electron chi connectivity index (χ3n) is 4.21. The number of carbonyl (C=O) groups is 2. The Bertz CT molecular complexity index is 519. The van der Waals surface area contributed by atoms with Gasteiger partial charge in [-0.2, -0.15) is 0 Å². The SMILES string of the molecule is O=C(NCC1(C(=O)O)CCCCCC1)c1cccc(O)c1. The molecule has 21 heavy (non-hydrogen) atoms. The second kappa shape index (κ2) is 6.61. The Kier molecular flexibility index (Phi) is 4.83. The first-order chi connectivity index (χ1) is 10.0. The Morgan fingerprint density at radius 3 is 2.38 bits per heavy atom. The van der Waals surface area contributed by atoms with E-state index in [1.807, 2.05) is 0 Å². The summed E-state index contributed by atoms with van der Waals surface area (Å²) in [6, 6.07) is 6.04. The van der Waals surface area contributed by atoms with Gasteiger partial charge in [-0.05, 0) is 31.0 Å². The molecule has 1 aromatic carbocycles. The van der Waals surface area contributed by atoms with Gasteiger partial charge in [-0.3, -0.25) is 9.59 Å². The summed E-state index contributed by atoms with van der Waals surface area (Å²) >= 11 is 0. The average molecular weight is 291 g/mol. The number of phenols is 1. The maximum atomic E-state index is 12.1. The van der Waals surface area contributed by atoms with Crippen LogP contribution in [0, 0.1) is 5.41 Å². The lowest BCUT2D eigenvalue weighted by atomic mass is 9.80. The lowest BCUT2D eigenvalue weighted by Crippen LogP contribution is -2.42. The quantitative estimate of drug-likeness (QED) is 0.744. The summed E-state index contributed by atoms with van der Waals surface area (Å²) in [4.78, 5) is 23.7. The molecule has 0 bridgehead atoms. The van der Waals surface area contributed by atoms with Gasteiger partial charge in [0.2, 0.25) is 0 Å². The number of aliphatic carboxylic acids is 1. The number of rotatable bonds is 4. The van der Waals surface area contributed by atoms with Crippen molar-refractivity contribution < 1.29 is 19.8 Å². The average Bonchev–Trinajstić information content (AvgIpc) is 2.71. The molecule has 0 aliphatic heterocycles. The van der Waals surface area contributed by atoms with E-state index in [1.165, 1.54) is 12.1 Å². The summed E-state index contributed by atoms with van der Waals surface area (Å²) in [5, 5.41) is 21.6. The van der Waals surface area contributed by atoms with Crippen LogP contribution in [-0.2, 0) is 4.79 Å². The molecule has 1 fully saturated rings. The minimum atomic E-state index is -0.858. The minimum absolute atomic E-state index is 0.0186. The van der Waals surface area contributed by atoms with Crippen LogP contribution < -0.4 is 5.32 Å². The molecule has 0 radical (unpaired) electrons. The van der Waals surface area contributed by atoms with Gasteiger partial charge in [0.25, 0.3) is 5.91 Å². The molecule has 0 atom stereocenters. The maximum absolute atomic E-state index is 12.1. The van der Waals surface area contributed by atoms with Crippen LogP contribution in [-0.4, -0.2) is 28.6 Å². The molecule has 0 aromatic heterocycles. The third kappa shape index (κ3) is 3.74. The fourth-order valence-electron chi connectivity index (χ4n) is 2.87. The normalized spacial score (nSPS) is 17.7. The van der Waals surface area contributed by atoms with E-state index in [2.05, 4.69) is 5.32 Å². The van der Waals surface area contributed by atoms with Crippen molar-refractivity contribution in [3.05, 3.63) is 29.8 Å². The lowest BCUT2D eigenvalue weighted by molar-refractivity contribution is -0.149. The molecule has 0 saturated heterocycles. The highest BCUT2D eigenvalue weighted by molar-refractivity contribution is 5.94. The van der Waals surface area contributed by atoms with Crippen LogP contribution >= 0.6 is 0 Å². The first-order valence-corrected chi connectivity index (χ1v) is 7.34. The molecule has 0 heterocycles. The summed E-state index contributed by atoms with van der Waals surface area (Å²) in [6.07, 6.45) is 5.07. The van der Waals surface area contributed by atoms with E-state index in [0.717, 1.165) is 25.7 Å². The Hall–Kier alpha value is -2.04. The Morgan fingerprint density at radius 2 is 1.81 bits per heavy atom. The van der Waals surface area contributed by atoms with Gasteiger partial charge in [-0.25, -0.2) is 0 Å². The third-order valence-corrected chi connectivity index (χ3v) is 4.21. The number of aromatic hydroxyl groups is 1. The van der Waals surface area contributed by atoms with E-state index < -0.39 is 11.4 Å². The van der Waals surface area contributed by atoms with Crippen molar-refractivity contribution in [3.8, 4) is 5.75 Å². The minimum Gasteiger partial charge on any atom is -0.508 e. The number of carboxylic acids is 1. The molecule has 1 aromatic rings. The van der Waals surface area contributed by atoms with Crippen LogP contribution in [0.2, 0.25) is 0 Å². The second-order valence-corrected chi connectivity index (χ2v) is 5.73. The molecular weight excluding hydrogens is 270 g/mol. The van der Waals surface area contributed by atoms with Gasteiger partial charge in [-0.15, -0.1) is 0 Å². The van der Waals surface area contributed by atoms with E-state index >= 15 is 0 Å². The first-order valence-electron chi connectivity index (χ1n) is 7.34. The molecule has 0 unspecified atom stereocenters. The van der Waals surface area contributed by atoms with Gasteiger partial charge < -0.3 is 15.5 Å². The standard InChI is InChI=1S/C16H21NO4/c18-13-7-5-6-12(10-13)14(19)17-11-16(15(20)21)8-3-1-2-4-9-16/h5-7,10,18H,1-4,8-9,11H2,(H,17,19)(H,20,21). The Labute approximate surface area is 124 Å². The maximum Gasteiger partial charge on any atom is 0.311 e. The van der Waals surface area contributed by atoms with Crippen molar-refractivity contribution in [1.82, 2.24) is 5.32 Å². The zero-order valence-electron chi connectivity index (χ0n) is 12.0. The molecule has 5 nitrogen and oxygen atoms in total. The molecule has 114 valence electrons. The fraction of sp³-hybridized carbons (Fsp3) is 0.500.